The Balaban J connectivity index is 4.48. The maximum atomic E-state index is 12.5. The van der Waals surface area contributed by atoms with Crippen molar-refractivity contribution in [3.05, 3.63) is 122 Å². The van der Waals surface area contributed by atoms with E-state index in [4.69, 9.17) is 24.3 Å². The van der Waals surface area contributed by atoms with E-state index in [-0.39, 0.29) is 32.6 Å². The fraction of sp³-hybridized carbons (Fsp3) is 0.532. The quantitative estimate of drug-likeness (QED) is 0.0181. The van der Waals surface area contributed by atoms with Crippen molar-refractivity contribution in [2.45, 2.75) is 135 Å². The van der Waals surface area contributed by atoms with Crippen LogP contribution in [0, 0.1) is 0 Å². The van der Waals surface area contributed by atoms with Gasteiger partial charge in [-0.3, -0.25) is 18.6 Å². The number of carbonyl (C=O) groups excluding carboxylic acids is 2. The third-order valence-corrected chi connectivity index (χ3v) is 8.91. The Morgan fingerprint density at radius 1 is 0.621 bits per heavy atom. The largest absolute Gasteiger partial charge is 0.472 e. The normalized spacial score (nSPS) is 15.1. The average molecular weight is 828 g/mol. The van der Waals surface area contributed by atoms with Crippen molar-refractivity contribution in [1.82, 2.24) is 0 Å². The zero-order valence-electron chi connectivity index (χ0n) is 35.3. The molecule has 0 fully saturated rings. The van der Waals surface area contributed by atoms with Gasteiger partial charge < -0.3 is 25.2 Å². The molecular formula is C47H74NO9P. The van der Waals surface area contributed by atoms with Gasteiger partial charge in [-0.1, -0.05) is 148 Å². The zero-order valence-corrected chi connectivity index (χ0v) is 36.2. The molecule has 0 aliphatic rings. The first-order valence-electron chi connectivity index (χ1n) is 21.1. The topological polar surface area (TPSA) is 155 Å². The third kappa shape index (κ3) is 40.6. The van der Waals surface area contributed by atoms with Crippen molar-refractivity contribution in [2.75, 3.05) is 26.4 Å². The number of allylic oxidation sites excluding steroid dienone is 18. The number of carbonyl (C=O) groups is 2. The summed E-state index contributed by atoms with van der Waals surface area (Å²) in [7, 11) is -4.43. The van der Waals surface area contributed by atoms with E-state index >= 15 is 0 Å². The minimum absolute atomic E-state index is 0.0178. The lowest BCUT2D eigenvalue weighted by Crippen LogP contribution is -2.29. The van der Waals surface area contributed by atoms with E-state index in [1.807, 2.05) is 48.6 Å². The zero-order chi connectivity index (χ0) is 42.6. The number of nitrogens with two attached hydrogens (primary N) is 1. The average Bonchev–Trinajstić information content (AvgIpc) is 3.21. The summed E-state index contributed by atoms with van der Waals surface area (Å²) in [6.07, 6.45) is 52.7. The first-order valence-corrected chi connectivity index (χ1v) is 22.6. The second kappa shape index (κ2) is 41.5. The van der Waals surface area contributed by atoms with Crippen molar-refractivity contribution in [3.8, 4) is 0 Å². The van der Waals surface area contributed by atoms with Gasteiger partial charge in [-0.2, -0.15) is 0 Å². The van der Waals surface area contributed by atoms with E-state index in [1.165, 1.54) is 19.3 Å². The number of aliphatic hydroxyl groups excluding tert-OH is 1. The van der Waals surface area contributed by atoms with Crippen LogP contribution >= 0.6 is 7.82 Å². The standard InChI is InChI=1S/C47H74NO9P/c1-3-5-7-9-11-12-13-14-15-16-17-18-19-20-21-22-26-31-35-39-47(51)57-45(43-56-58(52,53)55-41-40-48)42-54-46(50)38-34-30-27-23-25-29-33-37-44(49)36-32-28-24-10-8-6-4-2/h5,7,11-12,14-15,17-18,20-21,23-24,26-29,31-33,36,44-45,49H,3-4,6,8-10,13,16,19,22,25,30,34-35,37-43,48H2,1-2H3,(H,52,53)/b7-5-,12-11-,15-14-,18-17-,21-20-,27-23+,28-24-,31-26-,33-29-,36-32-/t44-,45-/m1/s1. The number of hydrogen-bond donors (Lipinski definition) is 3. The molecule has 0 saturated carbocycles. The fourth-order valence-electron chi connectivity index (χ4n) is 4.79. The van der Waals surface area contributed by atoms with Gasteiger partial charge in [0.25, 0.3) is 0 Å². The number of rotatable bonds is 37. The van der Waals surface area contributed by atoms with Gasteiger partial charge in [0.05, 0.1) is 19.3 Å². The van der Waals surface area contributed by atoms with Crippen LogP contribution in [0.5, 0.6) is 0 Å². The maximum Gasteiger partial charge on any atom is 0.472 e. The summed E-state index contributed by atoms with van der Waals surface area (Å²) in [5, 5.41) is 10.1. The molecule has 11 heteroatoms. The van der Waals surface area contributed by atoms with E-state index in [0.717, 1.165) is 51.4 Å². The molecule has 0 heterocycles. The molecule has 0 spiro atoms. The first-order chi connectivity index (χ1) is 28.2. The SMILES string of the molecule is CC/C=C\C/C=C\C/C=C\C/C=C\C/C=C\C/C=C\CCC(=O)O[C@H](COC(=O)CCC/C=C/C/C=C\C[C@H](O)/C=C\C=C/CCCCC)COP(=O)(O)OCCN. The van der Waals surface area contributed by atoms with Crippen LogP contribution in [0.15, 0.2) is 122 Å². The summed E-state index contributed by atoms with van der Waals surface area (Å²) in [5.74, 6) is -1.05. The van der Waals surface area contributed by atoms with Gasteiger partial charge in [-0.15, -0.1) is 0 Å². The highest BCUT2D eigenvalue weighted by Gasteiger charge is 2.25. The van der Waals surface area contributed by atoms with E-state index in [0.29, 0.717) is 25.7 Å². The molecule has 0 aromatic rings. The van der Waals surface area contributed by atoms with E-state index in [9.17, 15) is 24.2 Å². The number of unbranched alkanes of at least 4 members (excludes halogenated alkanes) is 4. The van der Waals surface area contributed by atoms with Crippen molar-refractivity contribution >= 4 is 19.8 Å². The second-order valence-corrected chi connectivity index (χ2v) is 14.8. The number of hydrogen-bond acceptors (Lipinski definition) is 9. The predicted octanol–water partition coefficient (Wildman–Crippen LogP) is 11.1. The van der Waals surface area contributed by atoms with Crippen LogP contribution in [0.3, 0.4) is 0 Å². The molecule has 1 unspecified atom stereocenters. The molecular weight excluding hydrogens is 753 g/mol. The summed E-state index contributed by atoms with van der Waals surface area (Å²) in [4.78, 5) is 34.8. The van der Waals surface area contributed by atoms with Gasteiger partial charge in [-0.25, -0.2) is 4.57 Å². The lowest BCUT2D eigenvalue weighted by Gasteiger charge is -2.19. The molecule has 0 aliphatic heterocycles. The molecule has 0 radical (unpaired) electrons. The Kier molecular flexibility index (Phi) is 38.9. The molecule has 0 aliphatic carbocycles. The molecule has 0 aromatic heterocycles. The lowest BCUT2D eigenvalue weighted by atomic mass is 10.2. The molecule has 3 atom stereocenters. The summed E-state index contributed by atoms with van der Waals surface area (Å²) in [5.41, 5.74) is 5.33. The van der Waals surface area contributed by atoms with E-state index in [2.05, 4.69) is 80.7 Å². The van der Waals surface area contributed by atoms with Crippen LogP contribution in [-0.2, 0) is 32.7 Å². The third-order valence-electron chi connectivity index (χ3n) is 7.93. The Bertz CT molecular complexity index is 1370. The minimum atomic E-state index is -4.43. The van der Waals surface area contributed by atoms with Crippen LogP contribution in [0.4, 0.5) is 0 Å². The molecule has 0 aromatic carbocycles. The molecule has 0 rings (SSSR count). The monoisotopic (exact) mass is 828 g/mol. The molecule has 0 bridgehead atoms. The summed E-state index contributed by atoms with van der Waals surface area (Å²) < 4.78 is 32.6. The number of ether oxygens (including phenoxy) is 2. The molecule has 58 heavy (non-hydrogen) atoms. The van der Waals surface area contributed by atoms with Gasteiger partial charge in [-0.05, 0) is 83.5 Å². The highest BCUT2D eigenvalue weighted by Crippen LogP contribution is 2.43. The van der Waals surface area contributed by atoms with Gasteiger partial charge in [0.15, 0.2) is 6.10 Å². The maximum absolute atomic E-state index is 12.5. The summed E-state index contributed by atoms with van der Waals surface area (Å²) in [6.45, 7) is 3.30. The number of phosphoric ester groups is 1. The smallest absolute Gasteiger partial charge is 0.462 e. The molecule has 10 nitrogen and oxygen atoms in total. The minimum Gasteiger partial charge on any atom is -0.462 e. The van der Waals surface area contributed by atoms with Gasteiger partial charge >= 0.3 is 19.8 Å². The van der Waals surface area contributed by atoms with Gasteiger partial charge in [0.1, 0.15) is 6.61 Å². The van der Waals surface area contributed by atoms with E-state index < -0.39 is 38.6 Å². The van der Waals surface area contributed by atoms with Crippen molar-refractivity contribution < 1.29 is 42.7 Å². The van der Waals surface area contributed by atoms with Gasteiger partial charge in [0.2, 0.25) is 0 Å². The fourth-order valence-corrected chi connectivity index (χ4v) is 5.55. The number of aliphatic hydroxyl groups is 1. The molecule has 326 valence electrons. The van der Waals surface area contributed by atoms with Crippen molar-refractivity contribution in [1.29, 1.82) is 0 Å². The lowest BCUT2D eigenvalue weighted by molar-refractivity contribution is -0.161. The first kappa shape index (κ1) is 54.4. The Hall–Kier alpha value is -3.63. The Morgan fingerprint density at radius 3 is 1.76 bits per heavy atom. The highest BCUT2D eigenvalue weighted by atomic mass is 31.2. The molecule has 0 saturated heterocycles. The second-order valence-electron chi connectivity index (χ2n) is 13.3. The van der Waals surface area contributed by atoms with Crippen LogP contribution in [0.25, 0.3) is 0 Å². The highest BCUT2D eigenvalue weighted by molar-refractivity contribution is 7.47. The van der Waals surface area contributed by atoms with Crippen LogP contribution in [0.1, 0.15) is 123 Å². The van der Waals surface area contributed by atoms with Crippen LogP contribution in [-0.4, -0.2) is 60.5 Å². The molecule has 4 N–H and O–H groups in total. The summed E-state index contributed by atoms with van der Waals surface area (Å²) in [6, 6.07) is 0. The number of phosphoric acid groups is 1. The predicted molar refractivity (Wildman–Crippen MR) is 239 cm³/mol. The van der Waals surface area contributed by atoms with Crippen LogP contribution < -0.4 is 5.73 Å². The Labute approximate surface area is 350 Å². The Morgan fingerprint density at radius 2 is 1.17 bits per heavy atom. The van der Waals surface area contributed by atoms with Crippen molar-refractivity contribution in [3.63, 3.8) is 0 Å². The number of esters is 2. The van der Waals surface area contributed by atoms with E-state index in [1.54, 1.807) is 6.08 Å². The molecule has 0 amide bonds. The summed E-state index contributed by atoms with van der Waals surface area (Å²) >= 11 is 0. The van der Waals surface area contributed by atoms with Crippen LogP contribution in [0.2, 0.25) is 0 Å². The van der Waals surface area contributed by atoms with Crippen molar-refractivity contribution in [2.24, 2.45) is 5.73 Å². The van der Waals surface area contributed by atoms with Gasteiger partial charge in [0, 0.05) is 19.4 Å².